The van der Waals surface area contributed by atoms with Crippen LogP contribution in [0.15, 0.2) is 18.3 Å². The number of β-amino-alcohol motifs (C(OH)–C–C–N with tert-alkyl or cyclic N) is 1. The van der Waals surface area contributed by atoms with Crippen molar-refractivity contribution in [1.29, 1.82) is 0 Å². The van der Waals surface area contributed by atoms with Gasteiger partial charge in [0.25, 0.3) is 0 Å². The molecule has 0 spiro atoms. The number of aromatic nitrogens is 1. The van der Waals surface area contributed by atoms with Gasteiger partial charge in [0, 0.05) is 25.6 Å². The first kappa shape index (κ1) is 17.1. The molecule has 1 aromatic heterocycles. The van der Waals surface area contributed by atoms with E-state index in [1.54, 1.807) is 6.07 Å². The van der Waals surface area contributed by atoms with Gasteiger partial charge in [0.15, 0.2) is 0 Å². The highest BCUT2D eigenvalue weighted by Gasteiger charge is 2.35. The van der Waals surface area contributed by atoms with Gasteiger partial charge in [-0.25, -0.2) is 9.37 Å². The van der Waals surface area contributed by atoms with E-state index < -0.39 is 5.60 Å². The van der Waals surface area contributed by atoms with Gasteiger partial charge in [-0.05, 0) is 37.8 Å². The molecule has 1 aliphatic carbocycles. The average molecular weight is 335 g/mol. The number of hydrogen-bond donors (Lipinski definition) is 2. The SMILES string of the molecule is O=C(NC[C@]1(O)CCCN(c2ccc(F)cn2)C1)C1CCCCC1. The molecule has 2 heterocycles. The molecular formula is C18H26FN3O2. The molecule has 5 nitrogen and oxygen atoms in total. The number of nitrogens with one attached hydrogen (secondary N) is 1. The Bertz CT molecular complexity index is 560. The van der Waals surface area contributed by atoms with E-state index in [0.717, 1.165) is 38.6 Å². The Morgan fingerprint density at radius 1 is 1.33 bits per heavy atom. The Morgan fingerprint density at radius 2 is 2.12 bits per heavy atom. The second kappa shape index (κ2) is 7.47. The highest BCUT2D eigenvalue weighted by Crippen LogP contribution is 2.26. The molecular weight excluding hydrogens is 309 g/mol. The Kier molecular flexibility index (Phi) is 5.33. The van der Waals surface area contributed by atoms with Crippen LogP contribution in [0.25, 0.3) is 0 Å². The van der Waals surface area contributed by atoms with Crippen LogP contribution in [0.3, 0.4) is 0 Å². The summed E-state index contributed by atoms with van der Waals surface area (Å²) in [6.45, 7) is 1.44. The van der Waals surface area contributed by atoms with Crippen LogP contribution in [0.4, 0.5) is 10.2 Å². The van der Waals surface area contributed by atoms with Gasteiger partial charge in [0.1, 0.15) is 11.6 Å². The lowest BCUT2D eigenvalue weighted by atomic mass is 9.88. The molecule has 132 valence electrons. The number of anilines is 1. The van der Waals surface area contributed by atoms with Crippen LogP contribution >= 0.6 is 0 Å². The maximum absolute atomic E-state index is 13.0. The molecule has 2 fully saturated rings. The molecule has 1 aliphatic heterocycles. The van der Waals surface area contributed by atoms with Crippen LogP contribution in [-0.4, -0.2) is 41.2 Å². The Hall–Kier alpha value is -1.69. The van der Waals surface area contributed by atoms with Gasteiger partial charge in [-0.1, -0.05) is 19.3 Å². The summed E-state index contributed by atoms with van der Waals surface area (Å²) in [6.07, 6.45) is 8.01. The van der Waals surface area contributed by atoms with E-state index in [9.17, 15) is 14.3 Å². The van der Waals surface area contributed by atoms with E-state index in [0.29, 0.717) is 18.8 Å². The van der Waals surface area contributed by atoms with Crippen LogP contribution in [0.2, 0.25) is 0 Å². The molecule has 1 aromatic rings. The normalized spacial score (nSPS) is 25.5. The third-order valence-electron chi connectivity index (χ3n) is 5.16. The molecule has 0 unspecified atom stereocenters. The number of piperidine rings is 1. The van der Waals surface area contributed by atoms with Gasteiger partial charge in [-0.2, -0.15) is 0 Å². The number of carbonyl (C=O) groups excluding carboxylic acids is 1. The first-order chi connectivity index (χ1) is 11.6. The molecule has 0 radical (unpaired) electrons. The van der Waals surface area contributed by atoms with E-state index >= 15 is 0 Å². The van der Waals surface area contributed by atoms with E-state index in [1.165, 1.54) is 18.7 Å². The summed E-state index contributed by atoms with van der Waals surface area (Å²) in [5, 5.41) is 13.8. The Balaban J connectivity index is 1.56. The molecule has 0 aromatic carbocycles. The molecule has 0 bridgehead atoms. The Labute approximate surface area is 142 Å². The van der Waals surface area contributed by atoms with Crippen molar-refractivity contribution in [2.45, 2.75) is 50.5 Å². The number of halogens is 1. The van der Waals surface area contributed by atoms with E-state index in [1.807, 2.05) is 4.90 Å². The lowest BCUT2D eigenvalue weighted by molar-refractivity contribution is -0.127. The average Bonchev–Trinajstić information content (AvgIpc) is 2.61. The van der Waals surface area contributed by atoms with Crippen molar-refractivity contribution >= 4 is 11.7 Å². The zero-order valence-electron chi connectivity index (χ0n) is 14.0. The molecule has 1 atom stereocenters. The summed E-state index contributed by atoms with van der Waals surface area (Å²) in [6, 6.07) is 3.00. The number of pyridine rings is 1. The monoisotopic (exact) mass is 335 g/mol. The zero-order valence-corrected chi connectivity index (χ0v) is 14.0. The van der Waals surface area contributed by atoms with Crippen LogP contribution in [0, 0.1) is 11.7 Å². The smallest absolute Gasteiger partial charge is 0.223 e. The summed E-state index contributed by atoms with van der Waals surface area (Å²) in [7, 11) is 0. The van der Waals surface area contributed by atoms with E-state index in [2.05, 4.69) is 10.3 Å². The van der Waals surface area contributed by atoms with Crippen molar-refractivity contribution in [2.75, 3.05) is 24.5 Å². The maximum atomic E-state index is 13.0. The fraction of sp³-hybridized carbons (Fsp3) is 0.667. The summed E-state index contributed by atoms with van der Waals surface area (Å²) < 4.78 is 13.0. The van der Waals surface area contributed by atoms with E-state index in [-0.39, 0.29) is 24.2 Å². The summed E-state index contributed by atoms with van der Waals surface area (Å²) in [4.78, 5) is 18.3. The number of carbonyl (C=O) groups is 1. The van der Waals surface area contributed by atoms with Crippen LogP contribution in [0.5, 0.6) is 0 Å². The quantitative estimate of drug-likeness (QED) is 0.886. The summed E-state index contributed by atoms with van der Waals surface area (Å²) in [5.74, 6) is 0.458. The third kappa shape index (κ3) is 4.23. The fourth-order valence-corrected chi connectivity index (χ4v) is 3.77. The highest BCUT2D eigenvalue weighted by atomic mass is 19.1. The van der Waals surface area contributed by atoms with Crippen molar-refractivity contribution in [3.05, 3.63) is 24.1 Å². The number of hydrogen-bond acceptors (Lipinski definition) is 4. The third-order valence-corrected chi connectivity index (χ3v) is 5.16. The van der Waals surface area contributed by atoms with Gasteiger partial charge in [0.2, 0.25) is 5.91 Å². The largest absolute Gasteiger partial charge is 0.386 e. The van der Waals surface area contributed by atoms with Crippen molar-refractivity contribution in [3.8, 4) is 0 Å². The van der Waals surface area contributed by atoms with Gasteiger partial charge < -0.3 is 15.3 Å². The standard InChI is InChI=1S/C18H26FN3O2/c19-15-7-8-16(20-11-15)22-10-4-9-18(24,13-22)12-21-17(23)14-5-2-1-3-6-14/h7-8,11,14,24H,1-6,9-10,12-13H2,(H,21,23)/t18-/m1/s1. The van der Waals surface area contributed by atoms with Crippen LogP contribution < -0.4 is 10.2 Å². The summed E-state index contributed by atoms with van der Waals surface area (Å²) >= 11 is 0. The molecule has 1 saturated carbocycles. The minimum Gasteiger partial charge on any atom is -0.386 e. The van der Waals surface area contributed by atoms with Crippen molar-refractivity contribution < 1.29 is 14.3 Å². The van der Waals surface area contributed by atoms with Gasteiger partial charge in [-0.15, -0.1) is 0 Å². The van der Waals surface area contributed by atoms with Crippen molar-refractivity contribution in [3.63, 3.8) is 0 Å². The molecule has 3 rings (SSSR count). The minimum atomic E-state index is -0.960. The van der Waals surface area contributed by atoms with Gasteiger partial charge in [-0.3, -0.25) is 4.79 Å². The van der Waals surface area contributed by atoms with E-state index in [4.69, 9.17) is 0 Å². The molecule has 1 saturated heterocycles. The molecule has 1 amide bonds. The topological polar surface area (TPSA) is 65.5 Å². The van der Waals surface area contributed by atoms with Crippen LogP contribution in [-0.2, 0) is 4.79 Å². The lowest BCUT2D eigenvalue weighted by Crippen LogP contribution is -2.55. The van der Waals surface area contributed by atoms with Gasteiger partial charge >= 0.3 is 0 Å². The molecule has 2 aliphatic rings. The van der Waals surface area contributed by atoms with Crippen molar-refractivity contribution in [1.82, 2.24) is 10.3 Å². The number of amides is 1. The zero-order chi connectivity index (χ0) is 17.0. The number of rotatable bonds is 4. The minimum absolute atomic E-state index is 0.0696. The fourth-order valence-electron chi connectivity index (χ4n) is 3.77. The highest BCUT2D eigenvalue weighted by molar-refractivity contribution is 5.78. The maximum Gasteiger partial charge on any atom is 0.223 e. The first-order valence-corrected chi connectivity index (χ1v) is 8.92. The second-order valence-corrected chi connectivity index (χ2v) is 7.14. The van der Waals surface area contributed by atoms with Crippen LogP contribution in [0.1, 0.15) is 44.9 Å². The number of nitrogens with zero attached hydrogens (tertiary/aromatic N) is 2. The lowest BCUT2D eigenvalue weighted by Gasteiger charge is -2.40. The van der Waals surface area contributed by atoms with Gasteiger partial charge in [0.05, 0.1) is 11.8 Å². The predicted octanol–water partition coefficient (Wildman–Crippen LogP) is 2.25. The molecule has 24 heavy (non-hydrogen) atoms. The molecule has 2 N–H and O–H groups in total. The second-order valence-electron chi connectivity index (χ2n) is 7.14. The number of aliphatic hydroxyl groups is 1. The predicted molar refractivity (Wildman–Crippen MR) is 90.2 cm³/mol. The van der Waals surface area contributed by atoms with Crippen molar-refractivity contribution in [2.24, 2.45) is 5.92 Å². The molecule has 6 heteroatoms. The summed E-state index contributed by atoms with van der Waals surface area (Å²) in [5.41, 5.74) is -0.960. The Morgan fingerprint density at radius 3 is 2.83 bits per heavy atom. The first-order valence-electron chi connectivity index (χ1n) is 8.92.